The third kappa shape index (κ3) is 7.18. The van der Waals surface area contributed by atoms with Crippen LogP contribution in [-0.4, -0.2) is 64.6 Å². The Balaban J connectivity index is 1.39. The molecule has 0 aliphatic carbocycles. The fourth-order valence-corrected chi connectivity index (χ4v) is 6.24. The molecule has 2 N–H and O–H groups in total. The van der Waals surface area contributed by atoms with E-state index in [1.807, 2.05) is 105 Å². The van der Waals surface area contributed by atoms with Crippen molar-refractivity contribution in [3.63, 3.8) is 0 Å². The summed E-state index contributed by atoms with van der Waals surface area (Å²) < 4.78 is 0. The second-order valence-electron chi connectivity index (χ2n) is 11.9. The van der Waals surface area contributed by atoms with Crippen molar-refractivity contribution in [2.45, 2.75) is 70.1 Å². The van der Waals surface area contributed by atoms with Gasteiger partial charge >= 0.3 is 0 Å². The van der Waals surface area contributed by atoms with Crippen LogP contribution in [0.25, 0.3) is 0 Å². The molecule has 0 spiro atoms. The summed E-state index contributed by atoms with van der Waals surface area (Å²) >= 11 is 0. The number of hydrogen-bond acceptors (Lipinski definition) is 4. The Labute approximate surface area is 259 Å². The lowest BCUT2D eigenvalue weighted by Gasteiger charge is -2.39. The average molecular weight is 595 g/mol. The van der Waals surface area contributed by atoms with E-state index < -0.39 is 12.1 Å². The molecule has 3 aromatic rings. The largest absolute Gasteiger partial charge is 0.343 e. The molecule has 4 atom stereocenters. The number of amides is 4. The Bertz CT molecular complexity index is 1390. The molecule has 2 aliphatic heterocycles. The molecule has 2 saturated heterocycles. The molecular formula is C36H42N4O4. The zero-order valence-electron chi connectivity index (χ0n) is 25.5. The molecule has 2 aliphatic rings. The highest BCUT2D eigenvalue weighted by atomic mass is 16.2. The van der Waals surface area contributed by atoms with Gasteiger partial charge in [-0.15, -0.1) is 0 Å². The highest BCUT2D eigenvalue weighted by Gasteiger charge is 2.45. The summed E-state index contributed by atoms with van der Waals surface area (Å²) in [4.78, 5) is 58.2. The predicted octanol–water partition coefficient (Wildman–Crippen LogP) is 4.26. The minimum absolute atomic E-state index is 0.0703. The molecule has 4 amide bonds. The van der Waals surface area contributed by atoms with Crippen LogP contribution in [0.2, 0.25) is 0 Å². The highest BCUT2D eigenvalue weighted by molar-refractivity contribution is 5.94. The molecule has 2 heterocycles. The predicted molar refractivity (Wildman–Crippen MR) is 169 cm³/mol. The summed E-state index contributed by atoms with van der Waals surface area (Å²) in [5.41, 5.74) is 2.80. The number of nitrogens with zero attached hydrogens (tertiary/aromatic N) is 2. The summed E-state index contributed by atoms with van der Waals surface area (Å²) in [6.45, 7) is 4.26. The van der Waals surface area contributed by atoms with Gasteiger partial charge in [-0.25, -0.2) is 0 Å². The summed E-state index contributed by atoms with van der Waals surface area (Å²) in [5.74, 6) is -1.12. The molecule has 230 valence electrons. The van der Waals surface area contributed by atoms with Crippen LogP contribution < -0.4 is 10.6 Å². The third-order valence-electron chi connectivity index (χ3n) is 8.97. The van der Waals surface area contributed by atoms with E-state index in [9.17, 15) is 19.2 Å². The van der Waals surface area contributed by atoms with Crippen molar-refractivity contribution in [3.05, 3.63) is 108 Å². The van der Waals surface area contributed by atoms with Gasteiger partial charge in [-0.2, -0.15) is 0 Å². The first kappa shape index (κ1) is 31.0. The van der Waals surface area contributed by atoms with Crippen LogP contribution >= 0.6 is 0 Å². The quantitative estimate of drug-likeness (QED) is 0.387. The number of rotatable bonds is 9. The topological polar surface area (TPSA) is 98.8 Å². The van der Waals surface area contributed by atoms with Crippen molar-refractivity contribution < 1.29 is 19.2 Å². The van der Waals surface area contributed by atoms with E-state index in [4.69, 9.17) is 0 Å². The van der Waals surface area contributed by atoms with E-state index in [2.05, 4.69) is 10.6 Å². The second kappa shape index (κ2) is 14.3. The van der Waals surface area contributed by atoms with Crippen molar-refractivity contribution >= 4 is 23.6 Å². The van der Waals surface area contributed by atoms with Crippen LogP contribution in [-0.2, 0) is 25.6 Å². The van der Waals surface area contributed by atoms with Gasteiger partial charge in [-0.1, -0.05) is 105 Å². The van der Waals surface area contributed by atoms with E-state index in [0.29, 0.717) is 32.2 Å². The highest BCUT2D eigenvalue weighted by Crippen LogP contribution is 2.31. The summed E-state index contributed by atoms with van der Waals surface area (Å²) in [7, 11) is 0. The second-order valence-corrected chi connectivity index (χ2v) is 11.9. The SMILES string of the molecule is CC[C@@H](C)C(=O)N[C@H]1CN(C(=O)Cc2ccccc2)CC[C@H]2CC[C@@H](C(=O)NC(c3ccccc3)c3ccccc3)N2C1=O. The lowest BCUT2D eigenvalue weighted by molar-refractivity contribution is -0.147. The standard InChI is InChI=1S/C36H42N4O4/c1-3-25(2)34(42)37-30-24-39(32(41)23-26-13-7-4-8-14-26)22-21-29-19-20-31(40(29)36(30)44)35(43)38-33(27-15-9-5-10-16-27)28-17-11-6-12-18-28/h4-18,25,29-31,33H,3,19-24H2,1-2H3,(H,37,42)(H,38,43)/t25-,29-,30+,31+/m1/s1. The molecule has 2 fully saturated rings. The Morgan fingerprint density at radius 3 is 2.02 bits per heavy atom. The first-order valence-electron chi connectivity index (χ1n) is 15.7. The minimum Gasteiger partial charge on any atom is -0.343 e. The Hall–Kier alpha value is -4.46. The van der Waals surface area contributed by atoms with Gasteiger partial charge in [-0.3, -0.25) is 19.2 Å². The maximum Gasteiger partial charge on any atom is 0.247 e. The van der Waals surface area contributed by atoms with E-state index >= 15 is 0 Å². The fraction of sp³-hybridized carbons (Fsp3) is 0.389. The Kier molecular flexibility index (Phi) is 10.1. The van der Waals surface area contributed by atoms with Crippen LogP contribution in [0.3, 0.4) is 0 Å². The van der Waals surface area contributed by atoms with Crippen molar-refractivity contribution in [2.24, 2.45) is 5.92 Å². The van der Waals surface area contributed by atoms with Gasteiger partial charge in [0.1, 0.15) is 12.1 Å². The van der Waals surface area contributed by atoms with Crippen LogP contribution in [0.4, 0.5) is 0 Å². The number of carbonyl (C=O) groups excluding carboxylic acids is 4. The molecule has 0 radical (unpaired) electrons. The average Bonchev–Trinajstić information content (AvgIpc) is 3.48. The Morgan fingerprint density at radius 2 is 1.43 bits per heavy atom. The molecule has 0 bridgehead atoms. The molecule has 8 heteroatoms. The Morgan fingerprint density at radius 1 is 0.841 bits per heavy atom. The zero-order valence-corrected chi connectivity index (χ0v) is 25.5. The van der Waals surface area contributed by atoms with Crippen LogP contribution in [0, 0.1) is 5.92 Å². The van der Waals surface area contributed by atoms with Gasteiger partial charge in [0.05, 0.1) is 12.5 Å². The molecule has 8 nitrogen and oxygen atoms in total. The lowest BCUT2D eigenvalue weighted by atomic mass is 9.98. The molecule has 5 rings (SSSR count). The maximum absolute atomic E-state index is 14.3. The number of carbonyl (C=O) groups is 4. The lowest BCUT2D eigenvalue weighted by Crippen LogP contribution is -2.61. The third-order valence-corrected chi connectivity index (χ3v) is 8.97. The monoisotopic (exact) mass is 594 g/mol. The van der Waals surface area contributed by atoms with Crippen molar-refractivity contribution in [2.75, 3.05) is 13.1 Å². The van der Waals surface area contributed by atoms with Gasteiger partial charge < -0.3 is 20.4 Å². The van der Waals surface area contributed by atoms with Crippen LogP contribution in [0.1, 0.15) is 62.3 Å². The number of fused-ring (bicyclic) bond motifs is 1. The van der Waals surface area contributed by atoms with Gasteiger partial charge in [0.15, 0.2) is 0 Å². The molecule has 44 heavy (non-hydrogen) atoms. The smallest absolute Gasteiger partial charge is 0.247 e. The van der Waals surface area contributed by atoms with E-state index in [-0.39, 0.29) is 54.6 Å². The molecule has 0 aromatic heterocycles. The summed E-state index contributed by atoms with van der Waals surface area (Å²) in [6, 6.07) is 26.9. The molecular weight excluding hydrogens is 552 g/mol. The summed E-state index contributed by atoms with van der Waals surface area (Å²) in [6.07, 6.45) is 2.59. The normalized spacial score (nSPS) is 20.8. The van der Waals surface area contributed by atoms with Crippen molar-refractivity contribution in [1.82, 2.24) is 20.4 Å². The minimum atomic E-state index is -0.938. The maximum atomic E-state index is 14.3. The zero-order chi connectivity index (χ0) is 31.1. The van der Waals surface area contributed by atoms with Gasteiger partial charge in [0, 0.05) is 25.0 Å². The first-order chi connectivity index (χ1) is 21.4. The number of nitrogens with one attached hydrogen (secondary N) is 2. The van der Waals surface area contributed by atoms with Gasteiger partial charge in [0.25, 0.3) is 0 Å². The van der Waals surface area contributed by atoms with Crippen molar-refractivity contribution in [1.29, 1.82) is 0 Å². The number of benzene rings is 3. The van der Waals surface area contributed by atoms with E-state index in [1.165, 1.54) is 0 Å². The molecule has 0 saturated carbocycles. The van der Waals surface area contributed by atoms with Crippen LogP contribution in [0.5, 0.6) is 0 Å². The van der Waals surface area contributed by atoms with E-state index in [1.54, 1.807) is 9.80 Å². The fourth-order valence-electron chi connectivity index (χ4n) is 6.24. The first-order valence-corrected chi connectivity index (χ1v) is 15.7. The van der Waals surface area contributed by atoms with E-state index in [0.717, 1.165) is 16.7 Å². The number of hydrogen-bond donors (Lipinski definition) is 2. The molecule has 0 unspecified atom stereocenters. The van der Waals surface area contributed by atoms with Gasteiger partial charge in [-0.05, 0) is 42.4 Å². The van der Waals surface area contributed by atoms with Gasteiger partial charge in [0.2, 0.25) is 23.6 Å². The van der Waals surface area contributed by atoms with Crippen LogP contribution in [0.15, 0.2) is 91.0 Å². The van der Waals surface area contributed by atoms with Crippen molar-refractivity contribution in [3.8, 4) is 0 Å². The summed E-state index contributed by atoms with van der Waals surface area (Å²) in [5, 5.41) is 6.18. The molecule has 3 aromatic carbocycles.